The second-order valence-corrected chi connectivity index (χ2v) is 6.58. The number of nitrogens with zero attached hydrogens (tertiary/aromatic N) is 2. The summed E-state index contributed by atoms with van der Waals surface area (Å²) in [7, 11) is 0. The minimum absolute atomic E-state index is 0.115. The molecular weight excluding hydrogens is 322 g/mol. The van der Waals surface area contributed by atoms with Crippen LogP contribution < -0.4 is 20.3 Å². The van der Waals surface area contributed by atoms with Crippen molar-refractivity contribution in [1.82, 2.24) is 9.78 Å². The van der Waals surface area contributed by atoms with Crippen molar-refractivity contribution in [3.05, 3.63) is 45.9 Å². The van der Waals surface area contributed by atoms with E-state index in [4.69, 9.17) is 9.47 Å². The van der Waals surface area contributed by atoms with E-state index in [0.717, 1.165) is 30.5 Å². The lowest BCUT2D eigenvalue weighted by atomic mass is 9.88. The Balaban J connectivity index is 1.48. The van der Waals surface area contributed by atoms with E-state index in [0.29, 0.717) is 23.1 Å². The topological polar surface area (TPSA) is 82.5 Å². The maximum absolute atomic E-state index is 12.3. The Kier molecular flexibility index (Phi) is 3.91. The van der Waals surface area contributed by atoms with Gasteiger partial charge in [0.1, 0.15) is 6.54 Å². The van der Waals surface area contributed by atoms with Gasteiger partial charge < -0.3 is 14.8 Å². The number of anilines is 1. The van der Waals surface area contributed by atoms with E-state index in [-0.39, 0.29) is 24.8 Å². The molecule has 0 saturated heterocycles. The van der Waals surface area contributed by atoms with E-state index in [2.05, 4.69) is 17.3 Å². The average molecular weight is 341 g/mol. The van der Waals surface area contributed by atoms with Gasteiger partial charge in [-0.3, -0.25) is 9.59 Å². The van der Waals surface area contributed by atoms with Gasteiger partial charge in [-0.2, -0.15) is 5.10 Å². The van der Waals surface area contributed by atoms with Crippen LogP contribution in [0, 0.1) is 5.92 Å². The maximum atomic E-state index is 12.3. The van der Waals surface area contributed by atoms with E-state index < -0.39 is 0 Å². The zero-order valence-corrected chi connectivity index (χ0v) is 13.9. The second kappa shape index (κ2) is 6.23. The Bertz CT molecular complexity index is 890. The molecule has 2 aromatic rings. The largest absolute Gasteiger partial charge is 0.454 e. The van der Waals surface area contributed by atoms with Crippen LogP contribution in [0.25, 0.3) is 0 Å². The van der Waals surface area contributed by atoms with E-state index >= 15 is 0 Å². The third kappa shape index (κ3) is 3.22. The molecule has 7 heteroatoms. The Morgan fingerprint density at radius 1 is 1.32 bits per heavy atom. The molecule has 1 aromatic heterocycles. The molecule has 25 heavy (non-hydrogen) atoms. The van der Waals surface area contributed by atoms with Gasteiger partial charge in [0, 0.05) is 17.8 Å². The number of nitrogens with one attached hydrogen (secondary N) is 1. The number of benzene rings is 1. The molecule has 0 unspecified atom stereocenters. The number of amides is 1. The third-order valence-electron chi connectivity index (χ3n) is 4.56. The average Bonchev–Trinajstić information content (AvgIpc) is 3.03. The van der Waals surface area contributed by atoms with Crippen LogP contribution >= 0.6 is 0 Å². The summed E-state index contributed by atoms with van der Waals surface area (Å²) in [5, 5.41) is 7.15. The number of aromatic nitrogens is 2. The van der Waals surface area contributed by atoms with Crippen molar-refractivity contribution in [3.63, 3.8) is 0 Å². The highest BCUT2D eigenvalue weighted by molar-refractivity contribution is 5.90. The summed E-state index contributed by atoms with van der Waals surface area (Å²) < 4.78 is 11.8. The zero-order valence-electron chi connectivity index (χ0n) is 13.9. The number of carbonyl (C=O) groups excluding carboxylic acids is 1. The highest BCUT2D eigenvalue weighted by atomic mass is 16.7. The summed E-state index contributed by atoms with van der Waals surface area (Å²) in [5.41, 5.74) is 2.28. The van der Waals surface area contributed by atoms with E-state index in [9.17, 15) is 9.59 Å². The van der Waals surface area contributed by atoms with E-state index in [1.807, 2.05) is 0 Å². The van der Waals surface area contributed by atoms with Crippen molar-refractivity contribution >= 4 is 11.6 Å². The summed E-state index contributed by atoms with van der Waals surface area (Å²) in [6, 6.07) is 6.79. The molecule has 4 rings (SSSR count). The maximum Gasteiger partial charge on any atom is 0.267 e. The lowest BCUT2D eigenvalue weighted by Gasteiger charge is -2.20. The van der Waals surface area contributed by atoms with Crippen molar-refractivity contribution in [3.8, 4) is 11.5 Å². The van der Waals surface area contributed by atoms with Crippen LogP contribution in [0.1, 0.15) is 24.6 Å². The van der Waals surface area contributed by atoms with E-state index in [1.54, 1.807) is 24.3 Å². The van der Waals surface area contributed by atoms with Crippen molar-refractivity contribution in [1.29, 1.82) is 0 Å². The normalized spacial score (nSPS) is 17.9. The van der Waals surface area contributed by atoms with Gasteiger partial charge in [0.05, 0.1) is 5.69 Å². The van der Waals surface area contributed by atoms with Gasteiger partial charge in [0.2, 0.25) is 12.7 Å². The van der Waals surface area contributed by atoms with Crippen LogP contribution in [0.4, 0.5) is 5.69 Å². The Labute approximate surface area is 144 Å². The summed E-state index contributed by atoms with van der Waals surface area (Å²) >= 11 is 0. The van der Waals surface area contributed by atoms with Crippen molar-refractivity contribution in [2.75, 3.05) is 12.1 Å². The Morgan fingerprint density at radius 3 is 3.04 bits per heavy atom. The third-order valence-corrected chi connectivity index (χ3v) is 4.56. The van der Waals surface area contributed by atoms with Gasteiger partial charge in [0.25, 0.3) is 5.56 Å². The molecule has 0 bridgehead atoms. The lowest BCUT2D eigenvalue weighted by molar-refractivity contribution is -0.117. The number of hydrogen-bond acceptors (Lipinski definition) is 5. The molecule has 1 amide bonds. The van der Waals surface area contributed by atoms with E-state index in [1.165, 1.54) is 4.68 Å². The summed E-state index contributed by atoms with van der Waals surface area (Å²) in [5.74, 6) is 1.51. The first kappa shape index (κ1) is 15.7. The molecule has 0 saturated carbocycles. The quantitative estimate of drug-likeness (QED) is 0.919. The number of fused-ring (bicyclic) bond motifs is 2. The summed E-state index contributed by atoms with van der Waals surface area (Å²) in [6.45, 7) is 2.24. The van der Waals surface area contributed by atoms with Crippen LogP contribution in [0.2, 0.25) is 0 Å². The van der Waals surface area contributed by atoms with Gasteiger partial charge in [-0.05, 0) is 42.9 Å². The predicted octanol–water partition coefficient (Wildman–Crippen LogP) is 1.74. The molecule has 130 valence electrons. The molecule has 7 nitrogen and oxygen atoms in total. The zero-order chi connectivity index (χ0) is 17.4. The molecule has 1 aromatic carbocycles. The Morgan fingerprint density at radius 2 is 2.16 bits per heavy atom. The number of ether oxygens (including phenoxy) is 2. The molecule has 0 radical (unpaired) electrons. The van der Waals surface area contributed by atoms with Crippen LogP contribution in [0.15, 0.2) is 29.1 Å². The van der Waals surface area contributed by atoms with Crippen molar-refractivity contribution in [2.45, 2.75) is 32.7 Å². The monoisotopic (exact) mass is 341 g/mol. The fraction of sp³-hybridized carbons (Fsp3) is 0.389. The van der Waals surface area contributed by atoms with Gasteiger partial charge in [-0.1, -0.05) is 6.92 Å². The molecule has 2 heterocycles. The molecule has 1 aliphatic heterocycles. The second-order valence-electron chi connectivity index (χ2n) is 6.58. The molecule has 2 aliphatic rings. The number of rotatable bonds is 3. The number of aryl methyl sites for hydroxylation is 1. The van der Waals surface area contributed by atoms with Crippen LogP contribution in [0.3, 0.4) is 0 Å². The van der Waals surface area contributed by atoms with Crippen LogP contribution in [-0.2, 0) is 24.2 Å². The van der Waals surface area contributed by atoms with Gasteiger partial charge >= 0.3 is 0 Å². The highest BCUT2D eigenvalue weighted by Gasteiger charge is 2.19. The molecule has 1 aliphatic carbocycles. The first-order valence-electron chi connectivity index (χ1n) is 8.38. The first-order chi connectivity index (χ1) is 12.1. The summed E-state index contributed by atoms with van der Waals surface area (Å²) in [6.07, 6.45) is 2.78. The summed E-state index contributed by atoms with van der Waals surface area (Å²) in [4.78, 5) is 24.5. The fourth-order valence-electron chi connectivity index (χ4n) is 3.24. The minimum atomic E-state index is -0.308. The smallest absolute Gasteiger partial charge is 0.267 e. The lowest BCUT2D eigenvalue weighted by Crippen LogP contribution is -2.32. The number of carbonyl (C=O) groups is 1. The number of hydrogen-bond donors (Lipinski definition) is 1. The van der Waals surface area contributed by atoms with Gasteiger partial charge in [-0.25, -0.2) is 4.68 Å². The Hall–Kier alpha value is -2.83. The molecule has 0 fully saturated rings. The minimum Gasteiger partial charge on any atom is -0.454 e. The standard InChI is InChI=1S/C18H19N3O4/c1-11-2-4-14-12(6-11)7-18(23)21(20-14)9-17(22)19-13-3-5-15-16(8-13)25-10-24-15/h3,5,7-8,11H,2,4,6,9-10H2,1H3,(H,19,22)/t11-/m0/s1. The van der Waals surface area contributed by atoms with Gasteiger partial charge in [-0.15, -0.1) is 0 Å². The SMILES string of the molecule is C[C@H]1CCc2nn(CC(=O)Nc3ccc4c(c3)OCO4)c(=O)cc2C1. The van der Waals surface area contributed by atoms with Crippen molar-refractivity contribution in [2.24, 2.45) is 5.92 Å². The molecular formula is C18H19N3O4. The highest BCUT2D eigenvalue weighted by Crippen LogP contribution is 2.34. The predicted molar refractivity (Wildman–Crippen MR) is 90.9 cm³/mol. The van der Waals surface area contributed by atoms with Gasteiger partial charge in [0.15, 0.2) is 11.5 Å². The first-order valence-corrected chi connectivity index (χ1v) is 8.38. The van der Waals surface area contributed by atoms with Crippen molar-refractivity contribution < 1.29 is 14.3 Å². The molecule has 1 atom stereocenters. The van der Waals surface area contributed by atoms with Crippen LogP contribution in [0.5, 0.6) is 11.5 Å². The molecule has 1 N–H and O–H groups in total. The fourth-order valence-corrected chi connectivity index (χ4v) is 3.24. The van der Waals surface area contributed by atoms with Crippen LogP contribution in [-0.4, -0.2) is 22.5 Å². The molecule has 0 spiro atoms.